The van der Waals surface area contributed by atoms with Crippen molar-refractivity contribution in [3.8, 4) is 0 Å². The zero-order chi connectivity index (χ0) is 90.2. The van der Waals surface area contributed by atoms with Gasteiger partial charge in [-0.1, -0.05) is 128 Å². The number of hydrogen-bond acceptors (Lipinski definition) is 42. The monoisotopic (exact) mass is 1810 g/mol. The SMILES string of the molecule is CCCCCC/C=C\CCCCCCCC(=O)O[C@H](COC(=O)CCCCCCC/C=C\CCCCCCCC)COP(=O)(O)O[C@@H]1C(O[C@@H]2OC(CO[C@@H]3OC(CO[C@@H]4OC(CO[C@@H]5OC(CO[C@@H]6OC(CO)[C@H](O)C(O)[C@@H]6O)[C@H](O)C(O)[C@@H]5O)[C@H](O)C(O)[C@@H]4O)[C@H](O)C(O)[C@@H]3O)[C@H](O)C(O)[C@@H]2O)C(O)[C@@H](O)C(O)[C@H]1O[C@H]1OC(CO)[C@@H](O)C(O)[C@H]1O. The van der Waals surface area contributed by atoms with Gasteiger partial charge < -0.3 is 189 Å². The first kappa shape index (κ1) is 107. The maximum absolute atomic E-state index is 14.5. The average Bonchev–Trinajstić information content (AvgIpc) is 0.757. The predicted molar refractivity (Wildman–Crippen MR) is 417 cm³/mol. The second-order valence-corrected chi connectivity index (χ2v) is 34.0. The summed E-state index contributed by atoms with van der Waals surface area (Å²) in [4.78, 5) is 38.4. The number of aliphatic hydroxyl groups excluding tert-OH is 23. The number of ether oxygens (including phenoxy) is 14. The summed E-state index contributed by atoms with van der Waals surface area (Å²) in [5.74, 6) is -1.52. The topological polar surface area (TPSA) is 684 Å². The fourth-order valence-electron chi connectivity index (χ4n) is 15.1. The molecular weight excluding hydrogens is 1670 g/mol. The molecule has 38 atom stereocenters. The standard InChI is InChI=1S/C79H139O43P/c1-3-5-7-9-11-13-15-17-18-20-21-23-25-27-29-31-48(82)107-35-41(113-49(83)32-30-28-26-24-22-19-16-14-12-10-8-6-4-2)36-112-123(105,106)122-73-71(120-78-69(103)57(91)51(85)43(34-81)115-78)63(97)62(96)64(98)72(73)121-79-70(104)61(95)55(89)47(119-79)40-111-77-68(102)60(94)54(88)46(118-77)39-110-76-67(101)59(93)53(87)45(117-76)38-109-75-66(100)58(92)52(86)44(116-75)37-108-74-65(99)56(90)50(84)42(33-80)114-74/h14,16-18,41-47,50-81,84-104H,3-13,15,19-40H2,1-2H3,(H,105,106)/b16-14-,18-17-/t41-,42?,43?,44?,45?,46?,47?,50+,51-,52+,53+,54+,55+,56?,57?,58?,59?,60?,61?,62+,63?,64?,65+,66+,67+,68+,69-,70+,71-,72?,73+,74-,75-,76-,77-,78-,79+/m1/s1. The number of unbranched alkanes of at least 4 members (excludes halogenated alkanes) is 20. The second-order valence-electron chi connectivity index (χ2n) is 32.6. The lowest BCUT2D eigenvalue weighted by molar-refractivity contribution is -0.365. The first-order valence-corrected chi connectivity index (χ1v) is 44.7. The molecule has 0 bridgehead atoms. The number of carbonyl (C=O) groups is 2. The summed E-state index contributed by atoms with van der Waals surface area (Å²) in [6.45, 7) is -2.96. The Hall–Kier alpha value is -2.87. The lowest BCUT2D eigenvalue weighted by atomic mass is 9.84. The summed E-state index contributed by atoms with van der Waals surface area (Å²) in [5.41, 5.74) is 0. The van der Waals surface area contributed by atoms with Crippen LogP contribution in [0, 0.1) is 0 Å². The number of phosphoric ester groups is 1. The van der Waals surface area contributed by atoms with E-state index in [-0.39, 0.29) is 12.8 Å². The number of esters is 2. The van der Waals surface area contributed by atoms with Crippen LogP contribution in [0.25, 0.3) is 0 Å². The van der Waals surface area contributed by atoms with Crippen molar-refractivity contribution < 1.29 is 212 Å². The van der Waals surface area contributed by atoms with Gasteiger partial charge in [-0.3, -0.25) is 18.6 Å². The van der Waals surface area contributed by atoms with E-state index in [1.54, 1.807) is 0 Å². The van der Waals surface area contributed by atoms with Crippen LogP contribution in [-0.2, 0) is 89.5 Å². The van der Waals surface area contributed by atoms with E-state index < -0.39 is 300 Å². The van der Waals surface area contributed by atoms with Crippen molar-refractivity contribution in [3.05, 3.63) is 24.3 Å². The van der Waals surface area contributed by atoms with Crippen LogP contribution in [0.15, 0.2) is 24.3 Å². The third-order valence-electron chi connectivity index (χ3n) is 22.9. The fraction of sp³-hybridized carbons (Fsp3) is 0.924. The van der Waals surface area contributed by atoms with Gasteiger partial charge >= 0.3 is 19.8 Å². The molecule has 44 heteroatoms. The van der Waals surface area contributed by atoms with Crippen LogP contribution in [0.5, 0.6) is 0 Å². The Morgan fingerprint density at radius 1 is 0.317 bits per heavy atom. The highest BCUT2D eigenvalue weighted by Gasteiger charge is 2.60. The number of hydrogen-bond donors (Lipinski definition) is 24. The Morgan fingerprint density at radius 3 is 0.927 bits per heavy atom. The van der Waals surface area contributed by atoms with Crippen LogP contribution in [0.4, 0.5) is 0 Å². The lowest BCUT2D eigenvalue weighted by Crippen LogP contribution is -2.69. The Bertz CT molecular complexity index is 3030. The quantitative estimate of drug-likeness (QED) is 0.0117. The van der Waals surface area contributed by atoms with E-state index in [9.17, 15) is 136 Å². The summed E-state index contributed by atoms with van der Waals surface area (Å²) in [6, 6.07) is 0. The van der Waals surface area contributed by atoms with Crippen molar-refractivity contribution in [1.29, 1.82) is 0 Å². The van der Waals surface area contributed by atoms with E-state index in [1.807, 2.05) is 0 Å². The van der Waals surface area contributed by atoms with E-state index in [4.69, 9.17) is 75.4 Å². The predicted octanol–water partition coefficient (Wildman–Crippen LogP) is -5.00. The van der Waals surface area contributed by atoms with Gasteiger partial charge in [0, 0.05) is 12.8 Å². The average molecular weight is 1810 g/mol. The summed E-state index contributed by atoms with van der Waals surface area (Å²) in [7, 11) is -5.89. The smallest absolute Gasteiger partial charge is 0.462 e. The molecule has 0 spiro atoms. The van der Waals surface area contributed by atoms with Crippen molar-refractivity contribution in [1.82, 2.24) is 0 Å². The molecule has 0 aromatic heterocycles. The van der Waals surface area contributed by atoms with Crippen molar-refractivity contribution in [2.24, 2.45) is 0 Å². The van der Waals surface area contributed by atoms with E-state index >= 15 is 0 Å². The number of phosphoric acid groups is 1. The van der Waals surface area contributed by atoms with E-state index in [1.165, 1.54) is 44.9 Å². The van der Waals surface area contributed by atoms with Crippen molar-refractivity contribution >= 4 is 19.8 Å². The van der Waals surface area contributed by atoms with E-state index in [0.29, 0.717) is 25.7 Å². The Labute approximate surface area is 714 Å². The molecule has 0 radical (unpaired) electrons. The molecule has 6 aliphatic heterocycles. The molecule has 43 nitrogen and oxygen atoms in total. The number of aliphatic hydroxyl groups is 23. The molecule has 6 heterocycles. The largest absolute Gasteiger partial charge is 0.472 e. The lowest BCUT2D eigenvalue weighted by Gasteiger charge is -2.49. The van der Waals surface area contributed by atoms with Gasteiger partial charge in [-0.05, 0) is 64.2 Å². The Balaban J connectivity index is 1.00. The highest BCUT2D eigenvalue weighted by atomic mass is 31.2. The van der Waals surface area contributed by atoms with Crippen LogP contribution < -0.4 is 0 Å². The Morgan fingerprint density at radius 2 is 0.585 bits per heavy atom. The minimum Gasteiger partial charge on any atom is -0.462 e. The molecule has 1 aliphatic carbocycles. The van der Waals surface area contributed by atoms with Gasteiger partial charge in [0.25, 0.3) is 0 Å². The van der Waals surface area contributed by atoms with E-state index in [2.05, 4.69) is 38.2 Å². The molecular formula is C79H139O43P. The van der Waals surface area contributed by atoms with Gasteiger partial charge in [-0.15, -0.1) is 0 Å². The zero-order valence-corrected chi connectivity index (χ0v) is 70.5. The summed E-state index contributed by atoms with van der Waals surface area (Å²) in [6.07, 6.45) is -45.2. The zero-order valence-electron chi connectivity index (χ0n) is 69.7. The number of rotatable bonds is 54. The Kier molecular flexibility index (Phi) is 47.8. The first-order valence-electron chi connectivity index (χ1n) is 43.2. The van der Waals surface area contributed by atoms with Gasteiger partial charge in [0.1, 0.15) is 190 Å². The molecule has 123 heavy (non-hydrogen) atoms. The minimum absolute atomic E-state index is 0.0451. The molecule has 0 amide bonds. The molecule has 718 valence electrons. The molecule has 24 N–H and O–H groups in total. The van der Waals surface area contributed by atoms with Gasteiger partial charge in [0.2, 0.25) is 0 Å². The van der Waals surface area contributed by atoms with Gasteiger partial charge in [0.05, 0.1) is 46.2 Å². The maximum atomic E-state index is 14.5. The number of carbonyl (C=O) groups excluding carboxylic acids is 2. The van der Waals surface area contributed by atoms with Gasteiger partial charge in [0.15, 0.2) is 43.8 Å². The third kappa shape index (κ3) is 32.2. The van der Waals surface area contributed by atoms with Crippen LogP contribution in [-0.4, -0.2) is 414 Å². The van der Waals surface area contributed by atoms with Crippen LogP contribution in [0.2, 0.25) is 0 Å². The molecule has 7 aliphatic rings. The molecule has 6 saturated heterocycles. The van der Waals surface area contributed by atoms with Crippen LogP contribution >= 0.6 is 7.82 Å². The van der Waals surface area contributed by atoms with Crippen LogP contribution in [0.3, 0.4) is 0 Å². The molecule has 16 unspecified atom stereocenters. The van der Waals surface area contributed by atoms with E-state index in [0.717, 1.165) is 83.5 Å². The maximum Gasteiger partial charge on any atom is 0.472 e. The highest BCUT2D eigenvalue weighted by Crippen LogP contribution is 2.49. The van der Waals surface area contributed by atoms with Crippen molar-refractivity contribution in [2.45, 2.75) is 408 Å². The molecule has 1 saturated carbocycles. The third-order valence-corrected chi connectivity index (χ3v) is 23.9. The fourth-order valence-corrected chi connectivity index (χ4v) is 16.1. The van der Waals surface area contributed by atoms with Gasteiger partial charge in [-0.2, -0.15) is 0 Å². The van der Waals surface area contributed by atoms with Crippen molar-refractivity contribution in [2.75, 3.05) is 52.9 Å². The molecule has 7 fully saturated rings. The summed E-state index contributed by atoms with van der Waals surface area (Å²) in [5, 5.41) is 250. The first-order chi connectivity index (χ1) is 58.7. The molecule has 7 rings (SSSR count). The normalized spacial score (nSPS) is 39.7. The summed E-state index contributed by atoms with van der Waals surface area (Å²) >= 11 is 0. The molecule has 0 aromatic carbocycles. The van der Waals surface area contributed by atoms with Crippen LogP contribution in [0.1, 0.15) is 181 Å². The molecule has 0 aromatic rings. The number of allylic oxidation sites excluding steroid dienone is 4. The van der Waals surface area contributed by atoms with Crippen molar-refractivity contribution in [3.63, 3.8) is 0 Å². The second kappa shape index (κ2) is 54.8. The highest BCUT2D eigenvalue weighted by molar-refractivity contribution is 7.47. The minimum atomic E-state index is -5.89. The van der Waals surface area contributed by atoms with Gasteiger partial charge in [-0.25, -0.2) is 4.57 Å². The summed E-state index contributed by atoms with van der Waals surface area (Å²) < 4.78 is 104.